The average Bonchev–Trinajstić information content (AvgIpc) is 2.38. The third-order valence-corrected chi connectivity index (χ3v) is 3.25. The number of carbonyl (C=O) groups excluding carboxylic acids is 2. The van der Waals surface area contributed by atoms with Gasteiger partial charge in [-0.25, -0.2) is 0 Å². The van der Waals surface area contributed by atoms with Crippen LogP contribution >= 0.6 is 0 Å². The fraction of sp³-hybridized carbons (Fsp3) is 0.650. The summed E-state index contributed by atoms with van der Waals surface area (Å²) in [5.41, 5.74) is 1.04. The van der Waals surface area contributed by atoms with E-state index in [0.29, 0.717) is 30.3 Å². The van der Waals surface area contributed by atoms with E-state index < -0.39 is 0 Å². The van der Waals surface area contributed by atoms with Crippen LogP contribution in [-0.2, 0) is 140 Å². The van der Waals surface area contributed by atoms with Gasteiger partial charge < -0.3 is 27.4 Å². The largest absolute Gasteiger partial charge is 0.500 e. The van der Waals surface area contributed by atoms with Crippen LogP contribution in [0.4, 0.5) is 0 Å². The Morgan fingerprint density at radius 1 is 0.846 bits per heavy atom. The zero-order valence-electron chi connectivity index (χ0n) is 18.8. The van der Waals surface area contributed by atoms with Crippen LogP contribution in [0.1, 0.15) is 68.2 Å². The van der Waals surface area contributed by atoms with E-state index in [-0.39, 0.29) is 158 Å². The molecule has 0 aromatic heterocycles. The minimum atomic E-state index is 0. The molecule has 146 valence electrons. The van der Waals surface area contributed by atoms with Crippen LogP contribution in [0.15, 0.2) is 5.57 Å². The van der Waals surface area contributed by atoms with Gasteiger partial charge in [-0.05, 0) is 12.8 Å². The van der Waals surface area contributed by atoms with Crippen LogP contribution < -0.4 is 0 Å². The van der Waals surface area contributed by atoms with Gasteiger partial charge in [0, 0.05) is 143 Å². The molecule has 0 aromatic rings. The molecule has 0 saturated carbocycles. The standard InChI is InChI=1S/C9H17O.C9H15O.2CH3.4Y/c2*1-5-8(4)6-9(10)7(2)3;;;;;;/h5,7-8H,6H2,1-4H3;7H,6H2,1-4H3;2*1H3;;;;/q4*-1;;;;. The molecule has 1 atom stereocenters. The van der Waals surface area contributed by atoms with Crippen molar-refractivity contribution in [1.29, 1.82) is 0 Å². The SMILES string of the molecule is C[C-]=C(C)CC(=O)C(C)C.C[CH-]C(C)CC(=O)C(C)C.[CH3-].[CH3-].[Y].[Y].[Y].[Y]. The molecule has 0 rings (SSSR count). The second-order valence-corrected chi connectivity index (χ2v) is 5.96. The van der Waals surface area contributed by atoms with Crippen LogP contribution in [0.2, 0.25) is 0 Å². The first-order chi connectivity index (χ1) is 9.15. The van der Waals surface area contributed by atoms with Gasteiger partial charge in [0.1, 0.15) is 11.6 Å². The van der Waals surface area contributed by atoms with Gasteiger partial charge in [0.15, 0.2) is 0 Å². The van der Waals surface area contributed by atoms with Crippen molar-refractivity contribution in [1.82, 2.24) is 0 Å². The third-order valence-electron chi connectivity index (χ3n) is 3.25. The fourth-order valence-electron chi connectivity index (χ4n) is 1.22. The molecular weight excluding hydrogens is 628 g/mol. The average molecular weight is 666 g/mol. The van der Waals surface area contributed by atoms with Crippen LogP contribution in [-0.4, -0.2) is 11.6 Å². The first-order valence-electron chi connectivity index (χ1n) is 7.50. The van der Waals surface area contributed by atoms with Gasteiger partial charge in [0.2, 0.25) is 0 Å². The number of rotatable bonds is 7. The van der Waals surface area contributed by atoms with E-state index in [1.54, 1.807) is 0 Å². The Bertz CT molecular complexity index is 328. The molecule has 0 saturated heterocycles. The zero-order chi connectivity index (χ0) is 16.3. The minimum Gasteiger partial charge on any atom is -0.500 e. The van der Waals surface area contributed by atoms with E-state index in [1.165, 1.54) is 0 Å². The van der Waals surface area contributed by atoms with Crippen molar-refractivity contribution in [2.24, 2.45) is 17.8 Å². The van der Waals surface area contributed by atoms with E-state index in [9.17, 15) is 9.59 Å². The van der Waals surface area contributed by atoms with Crippen molar-refractivity contribution in [3.05, 3.63) is 32.9 Å². The summed E-state index contributed by atoms with van der Waals surface area (Å²) in [6, 6.07) is 0. The molecule has 0 bridgehead atoms. The first-order valence-corrected chi connectivity index (χ1v) is 7.50. The third kappa shape index (κ3) is 35.0. The Morgan fingerprint density at radius 3 is 1.42 bits per heavy atom. The molecule has 0 spiro atoms. The summed E-state index contributed by atoms with van der Waals surface area (Å²) in [5, 5.41) is 0. The molecular formula is C20H38O2Y4-4. The van der Waals surface area contributed by atoms with Gasteiger partial charge in [-0.2, -0.15) is 19.8 Å². The Kier molecular flexibility index (Phi) is 66.1. The molecule has 0 aliphatic carbocycles. The van der Waals surface area contributed by atoms with Crippen LogP contribution in [0.3, 0.4) is 0 Å². The predicted octanol–water partition coefficient (Wildman–Crippen LogP) is 5.72. The van der Waals surface area contributed by atoms with Gasteiger partial charge >= 0.3 is 0 Å². The molecule has 4 radical (unpaired) electrons. The van der Waals surface area contributed by atoms with Gasteiger partial charge in [0.25, 0.3) is 0 Å². The summed E-state index contributed by atoms with van der Waals surface area (Å²) < 4.78 is 0. The summed E-state index contributed by atoms with van der Waals surface area (Å²) in [6.07, 6.45) is 6.28. The molecule has 0 heterocycles. The molecule has 0 N–H and O–H groups in total. The van der Waals surface area contributed by atoms with E-state index in [0.717, 1.165) is 5.57 Å². The number of Topliss-reactive ketones (excluding diaryl/α,β-unsaturated/α-hetero) is 2. The minimum absolute atomic E-state index is 0. The van der Waals surface area contributed by atoms with Gasteiger partial charge in [-0.1, -0.05) is 41.5 Å². The monoisotopic (exact) mass is 666 g/mol. The molecule has 0 amide bonds. The maximum atomic E-state index is 11.1. The van der Waals surface area contributed by atoms with Crippen molar-refractivity contribution >= 4 is 11.6 Å². The van der Waals surface area contributed by atoms with E-state index >= 15 is 0 Å². The molecule has 0 aliphatic rings. The molecule has 1 unspecified atom stereocenters. The van der Waals surface area contributed by atoms with Crippen molar-refractivity contribution in [3.8, 4) is 0 Å². The molecule has 6 heteroatoms. The van der Waals surface area contributed by atoms with Crippen LogP contribution in [0, 0.1) is 45.1 Å². The number of hydrogen-bond donors (Lipinski definition) is 0. The maximum absolute atomic E-state index is 11.1. The molecule has 0 aliphatic heterocycles. The van der Waals surface area contributed by atoms with Crippen molar-refractivity contribution in [3.63, 3.8) is 0 Å². The van der Waals surface area contributed by atoms with Crippen molar-refractivity contribution in [2.75, 3.05) is 0 Å². The number of carbonyl (C=O) groups is 2. The first kappa shape index (κ1) is 51.8. The smallest absolute Gasteiger partial charge is 0.136 e. The van der Waals surface area contributed by atoms with Gasteiger partial charge in [-0.15, -0.1) is 0 Å². The fourth-order valence-corrected chi connectivity index (χ4v) is 1.22. The Balaban J connectivity index is -0.0000000337. The Labute approximate surface area is 266 Å². The maximum Gasteiger partial charge on any atom is 0.136 e. The topological polar surface area (TPSA) is 34.1 Å². The van der Waals surface area contributed by atoms with E-state index in [1.807, 2.05) is 48.5 Å². The van der Waals surface area contributed by atoms with Crippen molar-refractivity contribution in [2.45, 2.75) is 68.2 Å². The summed E-state index contributed by atoms with van der Waals surface area (Å²) in [4.78, 5) is 22.1. The summed E-state index contributed by atoms with van der Waals surface area (Å²) >= 11 is 0. The molecule has 2 nitrogen and oxygen atoms in total. The van der Waals surface area contributed by atoms with Crippen molar-refractivity contribution < 1.29 is 140 Å². The second kappa shape index (κ2) is 33.1. The van der Waals surface area contributed by atoms with E-state index in [4.69, 9.17) is 0 Å². The summed E-state index contributed by atoms with van der Waals surface area (Å²) in [7, 11) is 0. The quantitative estimate of drug-likeness (QED) is 0.326. The molecule has 26 heavy (non-hydrogen) atoms. The van der Waals surface area contributed by atoms with Gasteiger partial charge in [-0.3, -0.25) is 15.2 Å². The molecule has 0 fully saturated rings. The second-order valence-electron chi connectivity index (χ2n) is 5.96. The van der Waals surface area contributed by atoms with E-state index in [2.05, 4.69) is 19.4 Å². The van der Waals surface area contributed by atoms with Gasteiger partial charge in [0.05, 0.1) is 0 Å². The summed E-state index contributed by atoms with van der Waals surface area (Å²) in [5.74, 6) is 1.46. The predicted molar refractivity (Wildman–Crippen MR) is 99.0 cm³/mol. The normalized spacial score (nSPS) is 10.0. The number of allylic oxidation sites excluding steroid dienone is 2. The Morgan fingerprint density at radius 2 is 1.19 bits per heavy atom. The number of ketones is 2. The molecule has 0 aromatic carbocycles. The van der Waals surface area contributed by atoms with Crippen LogP contribution in [0.5, 0.6) is 0 Å². The zero-order valence-corrected chi connectivity index (χ0v) is 30.2. The Hall–Kier alpha value is 3.50. The number of hydrogen-bond acceptors (Lipinski definition) is 2. The summed E-state index contributed by atoms with van der Waals surface area (Å²) in [6.45, 7) is 15.6. The van der Waals surface area contributed by atoms with Crippen LogP contribution in [0.25, 0.3) is 0 Å².